The minimum absolute atomic E-state index is 0.698. The third-order valence-corrected chi connectivity index (χ3v) is 3.32. The highest BCUT2D eigenvalue weighted by Crippen LogP contribution is 2.30. The maximum absolute atomic E-state index is 5.90. The topological polar surface area (TPSA) is 47.3 Å². The zero-order chi connectivity index (χ0) is 14.9. The van der Waals surface area contributed by atoms with Gasteiger partial charge in [0.05, 0.1) is 17.9 Å². The van der Waals surface area contributed by atoms with E-state index in [0.717, 1.165) is 35.8 Å². The summed E-state index contributed by atoms with van der Waals surface area (Å²) in [7, 11) is 1.89. The second kappa shape index (κ2) is 8.47. The van der Waals surface area contributed by atoms with Crippen molar-refractivity contribution in [3.8, 4) is 17.1 Å². The molecule has 1 N–H and O–H groups in total. The molecule has 2 rings (SSSR count). The number of ether oxygens (including phenoxy) is 1. The van der Waals surface area contributed by atoms with E-state index < -0.39 is 0 Å². The van der Waals surface area contributed by atoms with E-state index in [1.54, 1.807) is 0 Å². The Hall–Kier alpha value is -1.81. The van der Waals surface area contributed by atoms with Crippen LogP contribution in [-0.2, 0) is 6.54 Å². The Balaban J connectivity index is 2.01. The predicted octanol–water partition coefficient (Wildman–Crippen LogP) is 4.02. The molecule has 0 spiro atoms. The van der Waals surface area contributed by atoms with Crippen molar-refractivity contribution in [1.82, 2.24) is 10.5 Å². The fourth-order valence-corrected chi connectivity index (χ4v) is 2.21. The Labute approximate surface area is 126 Å². The Kier molecular flexibility index (Phi) is 6.28. The van der Waals surface area contributed by atoms with Gasteiger partial charge < -0.3 is 14.6 Å². The van der Waals surface area contributed by atoms with Crippen molar-refractivity contribution in [3.05, 3.63) is 36.0 Å². The van der Waals surface area contributed by atoms with Crippen LogP contribution >= 0.6 is 0 Å². The third-order valence-electron chi connectivity index (χ3n) is 3.32. The molecule has 1 aromatic heterocycles. The van der Waals surface area contributed by atoms with Crippen LogP contribution in [0.15, 0.2) is 34.9 Å². The first-order chi connectivity index (χ1) is 10.3. The monoisotopic (exact) mass is 288 g/mol. The molecule has 4 nitrogen and oxygen atoms in total. The van der Waals surface area contributed by atoms with Crippen LogP contribution in [0.4, 0.5) is 0 Å². The first-order valence-corrected chi connectivity index (χ1v) is 7.67. The average Bonchev–Trinajstić information content (AvgIpc) is 2.96. The highest BCUT2D eigenvalue weighted by molar-refractivity contribution is 5.65. The van der Waals surface area contributed by atoms with Crippen LogP contribution in [0.5, 0.6) is 5.75 Å². The molecule has 0 saturated heterocycles. The Morgan fingerprint density at radius 3 is 2.86 bits per heavy atom. The number of aromatic nitrogens is 1. The van der Waals surface area contributed by atoms with Crippen molar-refractivity contribution in [3.63, 3.8) is 0 Å². The van der Waals surface area contributed by atoms with Gasteiger partial charge in [-0.1, -0.05) is 43.5 Å². The number of nitrogens with zero attached hydrogens (tertiary/aromatic N) is 1. The summed E-state index contributed by atoms with van der Waals surface area (Å²) in [5.74, 6) is 1.62. The normalized spacial score (nSPS) is 10.8. The zero-order valence-corrected chi connectivity index (χ0v) is 12.9. The minimum Gasteiger partial charge on any atom is -0.493 e. The van der Waals surface area contributed by atoms with Gasteiger partial charge in [0.1, 0.15) is 5.75 Å². The molecule has 0 aliphatic heterocycles. The molecular weight excluding hydrogens is 264 g/mol. The number of unbranched alkanes of at least 4 members (excludes halogenated alkanes) is 3. The lowest BCUT2D eigenvalue weighted by Crippen LogP contribution is -2.04. The summed E-state index contributed by atoms with van der Waals surface area (Å²) in [5, 5.41) is 7.11. The summed E-state index contributed by atoms with van der Waals surface area (Å²) >= 11 is 0. The fraction of sp³-hybridized carbons (Fsp3) is 0.471. The van der Waals surface area contributed by atoms with E-state index in [1.165, 1.54) is 19.3 Å². The maximum atomic E-state index is 5.90. The molecule has 114 valence electrons. The first-order valence-electron chi connectivity index (χ1n) is 7.67. The summed E-state index contributed by atoms with van der Waals surface area (Å²) in [6.45, 7) is 3.65. The summed E-state index contributed by atoms with van der Waals surface area (Å²) < 4.78 is 11.3. The lowest BCUT2D eigenvalue weighted by molar-refractivity contribution is 0.305. The van der Waals surface area contributed by atoms with E-state index in [4.69, 9.17) is 9.26 Å². The Bertz CT molecular complexity index is 537. The van der Waals surface area contributed by atoms with E-state index in [-0.39, 0.29) is 0 Å². The van der Waals surface area contributed by atoms with E-state index in [0.29, 0.717) is 6.54 Å². The lowest BCUT2D eigenvalue weighted by atomic mass is 10.1. The number of hydrogen-bond acceptors (Lipinski definition) is 4. The lowest BCUT2D eigenvalue weighted by Gasteiger charge is -2.09. The van der Waals surface area contributed by atoms with E-state index in [1.807, 2.05) is 37.4 Å². The van der Waals surface area contributed by atoms with Gasteiger partial charge in [-0.15, -0.1) is 0 Å². The number of para-hydroxylation sites is 1. The van der Waals surface area contributed by atoms with Crippen molar-refractivity contribution in [2.45, 2.75) is 39.2 Å². The summed E-state index contributed by atoms with van der Waals surface area (Å²) in [5.41, 5.74) is 1.85. The third kappa shape index (κ3) is 4.60. The number of benzene rings is 1. The van der Waals surface area contributed by atoms with Crippen LogP contribution in [-0.4, -0.2) is 18.8 Å². The number of nitrogens with one attached hydrogen (secondary N) is 1. The van der Waals surface area contributed by atoms with E-state index in [9.17, 15) is 0 Å². The van der Waals surface area contributed by atoms with Crippen molar-refractivity contribution < 1.29 is 9.26 Å². The van der Waals surface area contributed by atoms with Crippen LogP contribution in [0.3, 0.4) is 0 Å². The molecule has 0 saturated carbocycles. The summed E-state index contributed by atoms with van der Waals surface area (Å²) in [6.07, 6.45) is 4.81. The molecule has 0 radical (unpaired) electrons. The molecular formula is C17H24N2O2. The van der Waals surface area contributed by atoms with Crippen LogP contribution in [0, 0.1) is 0 Å². The summed E-state index contributed by atoms with van der Waals surface area (Å²) in [6, 6.07) is 9.91. The largest absolute Gasteiger partial charge is 0.493 e. The van der Waals surface area contributed by atoms with Gasteiger partial charge in [-0.25, -0.2) is 0 Å². The summed E-state index contributed by atoms with van der Waals surface area (Å²) in [4.78, 5) is 0. The van der Waals surface area contributed by atoms with Gasteiger partial charge in [0.2, 0.25) is 0 Å². The number of hydrogen-bond donors (Lipinski definition) is 1. The Morgan fingerprint density at radius 1 is 1.19 bits per heavy atom. The maximum Gasteiger partial charge on any atom is 0.170 e. The minimum atomic E-state index is 0.698. The van der Waals surface area contributed by atoms with Crippen LogP contribution in [0.1, 0.15) is 38.3 Å². The Morgan fingerprint density at radius 2 is 2.05 bits per heavy atom. The predicted molar refractivity (Wildman–Crippen MR) is 84.3 cm³/mol. The molecule has 0 unspecified atom stereocenters. The second-order valence-electron chi connectivity index (χ2n) is 5.12. The quantitative estimate of drug-likeness (QED) is 0.708. The molecule has 1 heterocycles. The molecule has 21 heavy (non-hydrogen) atoms. The van der Waals surface area contributed by atoms with Gasteiger partial charge in [-0.05, 0) is 25.6 Å². The molecule has 0 aliphatic rings. The van der Waals surface area contributed by atoms with Crippen LogP contribution in [0.2, 0.25) is 0 Å². The highest BCUT2D eigenvalue weighted by atomic mass is 16.5. The molecule has 0 bridgehead atoms. The standard InChI is InChI=1S/C17H24N2O2/c1-3-4-5-8-11-20-16-10-7-6-9-15(16)17-12-14(13-18-2)19-21-17/h6-7,9-10,12,18H,3-5,8,11,13H2,1-2H3. The molecule has 2 aromatic rings. The van der Waals surface area contributed by atoms with Gasteiger partial charge in [0, 0.05) is 12.6 Å². The van der Waals surface area contributed by atoms with Gasteiger partial charge >= 0.3 is 0 Å². The van der Waals surface area contributed by atoms with Crippen molar-refractivity contribution in [2.24, 2.45) is 0 Å². The van der Waals surface area contributed by atoms with Gasteiger partial charge in [0.25, 0.3) is 0 Å². The van der Waals surface area contributed by atoms with Crippen molar-refractivity contribution in [2.75, 3.05) is 13.7 Å². The molecule has 0 amide bonds. The number of rotatable bonds is 9. The van der Waals surface area contributed by atoms with E-state index in [2.05, 4.69) is 17.4 Å². The average molecular weight is 288 g/mol. The second-order valence-corrected chi connectivity index (χ2v) is 5.12. The molecule has 0 atom stereocenters. The smallest absolute Gasteiger partial charge is 0.170 e. The molecule has 1 aromatic carbocycles. The van der Waals surface area contributed by atoms with Gasteiger partial charge in [-0.2, -0.15) is 0 Å². The zero-order valence-electron chi connectivity index (χ0n) is 12.9. The van der Waals surface area contributed by atoms with Crippen LogP contribution < -0.4 is 10.1 Å². The van der Waals surface area contributed by atoms with Gasteiger partial charge in [-0.3, -0.25) is 0 Å². The fourth-order valence-electron chi connectivity index (χ4n) is 2.21. The van der Waals surface area contributed by atoms with E-state index >= 15 is 0 Å². The van der Waals surface area contributed by atoms with Gasteiger partial charge in [0.15, 0.2) is 5.76 Å². The van der Waals surface area contributed by atoms with Crippen molar-refractivity contribution in [1.29, 1.82) is 0 Å². The highest BCUT2D eigenvalue weighted by Gasteiger charge is 2.11. The molecule has 0 aliphatic carbocycles. The van der Waals surface area contributed by atoms with Crippen LogP contribution in [0.25, 0.3) is 11.3 Å². The molecule has 0 fully saturated rings. The first kappa shape index (κ1) is 15.6. The molecule has 4 heteroatoms. The SMILES string of the molecule is CCCCCCOc1ccccc1-c1cc(CNC)no1. The van der Waals surface area contributed by atoms with Crippen molar-refractivity contribution >= 4 is 0 Å².